The Morgan fingerprint density at radius 1 is 0.764 bits per heavy atom. The first kappa shape index (κ1) is 47.8. The summed E-state index contributed by atoms with van der Waals surface area (Å²) < 4.78 is 24.4. The van der Waals surface area contributed by atoms with Crippen molar-refractivity contribution in [2.24, 2.45) is 10.2 Å². The van der Waals surface area contributed by atoms with Crippen molar-refractivity contribution < 1.29 is 58.6 Å². The topological polar surface area (TPSA) is 214 Å². The largest absolute Gasteiger partial charge is 0.495 e. The Kier molecular flexibility index (Phi) is 23.0. The molecular formula is C37H61N7O10S+2. The van der Waals surface area contributed by atoms with Crippen molar-refractivity contribution in [1.29, 1.82) is 5.26 Å². The second-order valence-corrected chi connectivity index (χ2v) is 14.1. The normalized spacial score (nSPS) is 12.0. The molecule has 0 saturated carbocycles. The molecule has 0 aliphatic rings. The second-order valence-electron chi connectivity index (χ2n) is 13.1. The summed E-state index contributed by atoms with van der Waals surface area (Å²) in [5.74, 6) is 0.511. The van der Waals surface area contributed by atoms with Crippen LogP contribution in [0.4, 0.5) is 22.1 Å². The molecule has 6 N–H and O–H groups in total. The van der Waals surface area contributed by atoms with Gasteiger partial charge in [0.25, 0.3) is 0 Å². The van der Waals surface area contributed by atoms with Gasteiger partial charge in [0, 0.05) is 19.0 Å². The standard InChI is InChI=1S/C37H61N7O10S/c1-30-26-33(34(51-4)27-32(30)40-41-37-36(39-3)31(2)35(28-38)55-37)42(29-54-21-5-7-43(8-15-45,9-16-46)10-17-47)6-22-52-24-25-53-23-14-44(11-18-48,12-19-49)13-20-50/h26-27,45-50H,5-25,29H2,1-2,4H3/q+2. The summed E-state index contributed by atoms with van der Waals surface area (Å²) in [4.78, 5) is 5.94. The number of hydrogen-bond donors (Lipinski definition) is 6. The molecule has 0 atom stereocenters. The van der Waals surface area contributed by atoms with Gasteiger partial charge in [-0.3, -0.25) is 0 Å². The van der Waals surface area contributed by atoms with Gasteiger partial charge in [-0.2, -0.15) is 15.5 Å². The van der Waals surface area contributed by atoms with Gasteiger partial charge in [0.15, 0.2) is 0 Å². The summed E-state index contributed by atoms with van der Waals surface area (Å²) in [6, 6.07) is 5.77. The van der Waals surface area contributed by atoms with E-state index in [9.17, 15) is 35.9 Å². The van der Waals surface area contributed by atoms with E-state index in [1.54, 1.807) is 20.1 Å². The first-order chi connectivity index (χ1) is 26.7. The Balaban J connectivity index is 2.17. The Morgan fingerprint density at radius 3 is 1.85 bits per heavy atom. The molecule has 0 bridgehead atoms. The summed E-state index contributed by atoms with van der Waals surface area (Å²) in [5, 5.41) is 75.9. The van der Waals surface area contributed by atoms with E-state index in [0.717, 1.165) is 22.6 Å². The number of azo groups is 1. The number of nitriles is 1. The van der Waals surface area contributed by atoms with Gasteiger partial charge in [0.1, 0.15) is 69.4 Å². The maximum atomic E-state index is 9.63. The van der Waals surface area contributed by atoms with Crippen LogP contribution in [-0.4, -0.2) is 185 Å². The highest BCUT2D eigenvalue weighted by molar-refractivity contribution is 7.17. The number of hydrogen-bond acceptors (Lipinski definition) is 15. The number of aliphatic hydroxyl groups is 6. The monoisotopic (exact) mass is 795 g/mol. The molecule has 2 rings (SSSR count). The number of ether oxygens (including phenoxy) is 4. The maximum Gasteiger partial charge on any atom is 0.229 e. The Morgan fingerprint density at radius 2 is 1.33 bits per heavy atom. The predicted octanol–water partition coefficient (Wildman–Crippen LogP) is 2.00. The molecule has 308 valence electrons. The van der Waals surface area contributed by atoms with Crippen molar-refractivity contribution in [3.8, 4) is 11.8 Å². The molecule has 0 spiro atoms. The number of thiophene rings is 1. The van der Waals surface area contributed by atoms with E-state index < -0.39 is 0 Å². The zero-order valence-electron chi connectivity index (χ0n) is 32.6. The van der Waals surface area contributed by atoms with Crippen LogP contribution in [0.3, 0.4) is 0 Å². The number of benzene rings is 1. The van der Waals surface area contributed by atoms with Crippen LogP contribution in [0.25, 0.3) is 4.85 Å². The molecule has 1 heterocycles. The lowest BCUT2D eigenvalue weighted by Gasteiger charge is -2.37. The molecule has 0 radical (unpaired) electrons. The highest BCUT2D eigenvalue weighted by atomic mass is 32.1. The number of aliphatic hydroxyl groups excluding tert-OH is 6. The van der Waals surface area contributed by atoms with Crippen LogP contribution in [0.1, 0.15) is 22.4 Å². The molecule has 0 fully saturated rings. The fourth-order valence-corrected chi connectivity index (χ4v) is 7.24. The van der Waals surface area contributed by atoms with Crippen molar-refractivity contribution >= 4 is 33.4 Å². The zero-order valence-corrected chi connectivity index (χ0v) is 33.4. The van der Waals surface area contributed by atoms with Crippen LogP contribution >= 0.6 is 11.3 Å². The second kappa shape index (κ2) is 26.5. The van der Waals surface area contributed by atoms with Crippen LogP contribution in [0, 0.1) is 31.8 Å². The lowest BCUT2D eigenvalue weighted by atomic mass is 10.1. The van der Waals surface area contributed by atoms with Gasteiger partial charge in [-0.05, 0) is 31.0 Å². The highest BCUT2D eigenvalue weighted by Crippen LogP contribution is 2.43. The summed E-state index contributed by atoms with van der Waals surface area (Å²) in [5.41, 5.74) is 2.93. The lowest BCUT2D eigenvalue weighted by Crippen LogP contribution is -2.55. The van der Waals surface area contributed by atoms with Crippen LogP contribution in [-0.2, 0) is 14.2 Å². The van der Waals surface area contributed by atoms with E-state index in [2.05, 4.69) is 21.1 Å². The Bertz CT molecular complexity index is 1480. The number of anilines is 1. The summed E-state index contributed by atoms with van der Waals surface area (Å²) in [6.45, 7) is 16.9. The van der Waals surface area contributed by atoms with Gasteiger partial charge in [-0.25, -0.2) is 4.85 Å². The average molecular weight is 796 g/mol. The number of nitrogens with zero attached hydrogens (tertiary/aromatic N) is 7. The predicted molar refractivity (Wildman–Crippen MR) is 208 cm³/mol. The van der Waals surface area contributed by atoms with E-state index in [1.807, 2.05) is 17.9 Å². The number of quaternary nitrogens is 2. The van der Waals surface area contributed by atoms with Gasteiger partial charge in [-0.15, -0.1) is 11.3 Å². The molecule has 17 nitrogen and oxygen atoms in total. The van der Waals surface area contributed by atoms with Crippen LogP contribution in [0.2, 0.25) is 0 Å². The molecule has 0 saturated heterocycles. The van der Waals surface area contributed by atoms with E-state index in [0.29, 0.717) is 140 Å². The van der Waals surface area contributed by atoms with Gasteiger partial charge in [0.05, 0.1) is 109 Å². The molecule has 18 heteroatoms. The smallest absolute Gasteiger partial charge is 0.229 e. The third-order valence-electron chi connectivity index (χ3n) is 9.60. The molecule has 1 aromatic heterocycles. The van der Waals surface area contributed by atoms with E-state index >= 15 is 0 Å². The first-order valence-electron chi connectivity index (χ1n) is 18.5. The summed E-state index contributed by atoms with van der Waals surface area (Å²) in [7, 11) is 1.55. The van der Waals surface area contributed by atoms with Crippen LogP contribution in [0.5, 0.6) is 5.75 Å². The third-order valence-corrected chi connectivity index (χ3v) is 10.7. The van der Waals surface area contributed by atoms with Gasteiger partial charge < -0.3 is 63.5 Å². The zero-order chi connectivity index (χ0) is 40.5. The number of methoxy groups -OCH3 is 1. The quantitative estimate of drug-likeness (QED) is 0.0213. The van der Waals surface area contributed by atoms with Crippen LogP contribution < -0.4 is 9.64 Å². The maximum absolute atomic E-state index is 9.63. The van der Waals surface area contributed by atoms with Crippen molar-refractivity contribution in [1.82, 2.24) is 0 Å². The minimum Gasteiger partial charge on any atom is -0.495 e. The van der Waals surface area contributed by atoms with E-state index in [-0.39, 0.29) is 46.4 Å². The molecule has 55 heavy (non-hydrogen) atoms. The third kappa shape index (κ3) is 15.3. The SMILES string of the molecule is [C-]#[N+]c1c(N=Nc2cc(OC)c(N(CCOCCOCC[N+](CCO)(CCO)CCO)COCCC[N+](CCO)(CCO)CCO)cc2C)sc(C#N)c1C. The minimum atomic E-state index is -0.0554. The molecule has 2 aromatic rings. The lowest BCUT2D eigenvalue weighted by molar-refractivity contribution is -0.929. The molecule has 1 aromatic carbocycles. The Hall–Kier alpha value is -3.34. The molecule has 0 aliphatic carbocycles. The average Bonchev–Trinajstić information content (AvgIpc) is 3.48. The van der Waals surface area contributed by atoms with Gasteiger partial charge in [0.2, 0.25) is 5.69 Å². The first-order valence-corrected chi connectivity index (χ1v) is 19.3. The fourth-order valence-electron chi connectivity index (χ4n) is 6.38. The van der Waals surface area contributed by atoms with E-state index in [1.165, 1.54) is 0 Å². The molecule has 0 aliphatic heterocycles. The van der Waals surface area contributed by atoms with Crippen LogP contribution in [0.15, 0.2) is 22.4 Å². The highest BCUT2D eigenvalue weighted by Gasteiger charge is 2.27. The molecule has 0 amide bonds. The number of aryl methyl sites for hydroxylation is 1. The van der Waals surface area contributed by atoms with Crippen molar-refractivity contribution in [2.75, 3.05) is 150 Å². The van der Waals surface area contributed by atoms with Crippen molar-refractivity contribution in [3.63, 3.8) is 0 Å². The van der Waals surface area contributed by atoms with Crippen molar-refractivity contribution in [2.45, 2.75) is 20.3 Å². The van der Waals surface area contributed by atoms with Gasteiger partial charge in [-0.1, -0.05) is 0 Å². The summed E-state index contributed by atoms with van der Waals surface area (Å²) >= 11 is 1.12. The summed E-state index contributed by atoms with van der Waals surface area (Å²) in [6.07, 6.45) is 0.633. The minimum absolute atomic E-state index is 0.0549. The fraction of sp³-hybridized carbons (Fsp3) is 0.676. The Labute approximate surface area is 328 Å². The van der Waals surface area contributed by atoms with Crippen molar-refractivity contribution in [3.05, 3.63) is 39.6 Å². The van der Waals surface area contributed by atoms with Gasteiger partial charge >= 0.3 is 0 Å². The molecular weight excluding hydrogens is 735 g/mol. The van der Waals surface area contributed by atoms with E-state index in [4.69, 9.17) is 25.5 Å². The molecule has 0 unspecified atom stereocenters. The number of rotatable bonds is 31.